The van der Waals surface area contributed by atoms with E-state index in [4.69, 9.17) is 5.73 Å². The summed E-state index contributed by atoms with van der Waals surface area (Å²) in [4.78, 5) is 4.40. The third kappa shape index (κ3) is 2.23. The Morgan fingerprint density at radius 3 is 2.50 bits per heavy atom. The normalized spacial score (nSPS) is 16.9. The summed E-state index contributed by atoms with van der Waals surface area (Å²) in [5, 5.41) is 4.60. The van der Waals surface area contributed by atoms with Crippen LogP contribution in [0.5, 0.6) is 0 Å². The molecule has 0 aliphatic heterocycles. The van der Waals surface area contributed by atoms with Crippen LogP contribution in [0.15, 0.2) is 30.6 Å². The summed E-state index contributed by atoms with van der Waals surface area (Å²) >= 11 is 0. The van der Waals surface area contributed by atoms with Crippen molar-refractivity contribution in [2.75, 3.05) is 5.73 Å². The first kappa shape index (κ1) is 11.3. The lowest BCUT2D eigenvalue weighted by atomic mass is 9.96. The molecule has 0 spiro atoms. The fraction of sp³-hybridized carbons (Fsp3) is 0.429. The number of anilines is 1. The zero-order chi connectivity index (χ0) is 12.4. The summed E-state index contributed by atoms with van der Waals surface area (Å²) in [6, 6.07) is 8.24. The molecule has 2 N–H and O–H groups in total. The lowest BCUT2D eigenvalue weighted by Gasteiger charge is -2.21. The lowest BCUT2D eigenvalue weighted by Crippen LogP contribution is -2.13. The number of aromatic nitrogens is 3. The maximum atomic E-state index is 5.68. The maximum Gasteiger partial charge on any atom is 0.181 e. The van der Waals surface area contributed by atoms with Gasteiger partial charge in [-0.1, -0.05) is 19.3 Å². The van der Waals surface area contributed by atoms with Crippen LogP contribution in [0.25, 0.3) is 11.4 Å². The first-order chi connectivity index (χ1) is 8.83. The van der Waals surface area contributed by atoms with Gasteiger partial charge < -0.3 is 5.73 Å². The molecule has 94 valence electrons. The van der Waals surface area contributed by atoms with Gasteiger partial charge in [0.1, 0.15) is 6.33 Å². The molecule has 3 rings (SSSR count). The minimum atomic E-state index is 0.536. The smallest absolute Gasteiger partial charge is 0.181 e. The van der Waals surface area contributed by atoms with Crippen LogP contribution < -0.4 is 5.73 Å². The molecule has 0 radical (unpaired) electrons. The van der Waals surface area contributed by atoms with Crippen molar-refractivity contribution in [2.24, 2.45) is 0 Å². The molecule has 1 aromatic carbocycles. The lowest BCUT2D eigenvalue weighted by molar-refractivity contribution is 0.329. The van der Waals surface area contributed by atoms with Gasteiger partial charge in [0.2, 0.25) is 0 Å². The van der Waals surface area contributed by atoms with E-state index in [1.165, 1.54) is 32.1 Å². The molecule has 0 bridgehead atoms. The Labute approximate surface area is 107 Å². The zero-order valence-electron chi connectivity index (χ0n) is 10.4. The van der Waals surface area contributed by atoms with Gasteiger partial charge in [0, 0.05) is 11.3 Å². The van der Waals surface area contributed by atoms with Gasteiger partial charge in [-0.15, -0.1) is 0 Å². The van der Waals surface area contributed by atoms with Crippen LogP contribution in [0.3, 0.4) is 0 Å². The van der Waals surface area contributed by atoms with Gasteiger partial charge >= 0.3 is 0 Å². The highest BCUT2D eigenvalue weighted by molar-refractivity contribution is 5.57. The van der Waals surface area contributed by atoms with Gasteiger partial charge in [-0.2, -0.15) is 5.10 Å². The molecule has 18 heavy (non-hydrogen) atoms. The van der Waals surface area contributed by atoms with E-state index in [0.717, 1.165) is 17.1 Å². The van der Waals surface area contributed by atoms with Crippen LogP contribution >= 0.6 is 0 Å². The molecule has 4 heteroatoms. The number of hydrogen-bond acceptors (Lipinski definition) is 3. The van der Waals surface area contributed by atoms with Gasteiger partial charge in [-0.25, -0.2) is 9.67 Å². The number of nitrogen functional groups attached to an aromatic ring is 1. The molecule has 2 aromatic rings. The van der Waals surface area contributed by atoms with Crippen LogP contribution in [-0.2, 0) is 0 Å². The van der Waals surface area contributed by atoms with Crippen molar-refractivity contribution in [2.45, 2.75) is 38.1 Å². The molecule has 1 fully saturated rings. The standard InChI is InChI=1S/C14H18N4/c15-12-8-6-11(7-9-12)14-16-10-18(17-14)13-4-2-1-3-5-13/h6-10,13H,1-5,15H2. The Balaban J connectivity index is 1.82. The van der Waals surface area contributed by atoms with Crippen LogP contribution in [0.1, 0.15) is 38.1 Å². The predicted molar refractivity (Wildman–Crippen MR) is 72.0 cm³/mol. The third-order valence-corrected chi connectivity index (χ3v) is 3.63. The summed E-state index contributed by atoms with van der Waals surface area (Å²) in [5.41, 5.74) is 7.48. The zero-order valence-corrected chi connectivity index (χ0v) is 10.4. The third-order valence-electron chi connectivity index (χ3n) is 3.63. The molecule has 4 nitrogen and oxygen atoms in total. The van der Waals surface area contributed by atoms with Crippen LogP contribution in [0.4, 0.5) is 5.69 Å². The summed E-state index contributed by atoms with van der Waals surface area (Å²) in [6.07, 6.45) is 8.29. The van der Waals surface area contributed by atoms with Gasteiger partial charge in [-0.3, -0.25) is 0 Å². The Hall–Kier alpha value is -1.84. The molecule has 0 saturated heterocycles. The largest absolute Gasteiger partial charge is 0.399 e. The van der Waals surface area contributed by atoms with E-state index in [-0.39, 0.29) is 0 Å². The Morgan fingerprint density at radius 1 is 1.06 bits per heavy atom. The predicted octanol–water partition coefficient (Wildman–Crippen LogP) is 3.03. The maximum absolute atomic E-state index is 5.68. The Kier molecular flexibility index (Phi) is 3.00. The Bertz CT molecular complexity index is 509. The van der Waals surface area contributed by atoms with E-state index >= 15 is 0 Å². The van der Waals surface area contributed by atoms with Crippen molar-refractivity contribution in [1.82, 2.24) is 14.8 Å². The molecule has 1 saturated carbocycles. The highest BCUT2D eigenvalue weighted by Gasteiger charge is 2.16. The first-order valence-corrected chi connectivity index (χ1v) is 6.60. The number of benzene rings is 1. The highest BCUT2D eigenvalue weighted by Crippen LogP contribution is 2.28. The molecule has 1 aromatic heterocycles. The molecule has 1 aliphatic rings. The van der Waals surface area contributed by atoms with Crippen molar-refractivity contribution in [3.63, 3.8) is 0 Å². The van der Waals surface area contributed by atoms with E-state index in [1.54, 1.807) is 0 Å². The van der Waals surface area contributed by atoms with Crippen LogP contribution in [-0.4, -0.2) is 14.8 Å². The van der Waals surface area contributed by atoms with Crippen molar-refractivity contribution >= 4 is 5.69 Å². The van der Waals surface area contributed by atoms with Gasteiger partial charge in [0.05, 0.1) is 6.04 Å². The first-order valence-electron chi connectivity index (χ1n) is 6.60. The minimum absolute atomic E-state index is 0.536. The van der Waals surface area contributed by atoms with Crippen molar-refractivity contribution in [3.8, 4) is 11.4 Å². The van der Waals surface area contributed by atoms with Crippen molar-refractivity contribution < 1.29 is 0 Å². The summed E-state index contributed by atoms with van der Waals surface area (Å²) in [5.74, 6) is 0.792. The topological polar surface area (TPSA) is 56.7 Å². The second-order valence-electron chi connectivity index (χ2n) is 4.96. The fourth-order valence-corrected chi connectivity index (χ4v) is 2.56. The number of rotatable bonds is 2. The molecule has 1 aliphatic carbocycles. The van der Waals surface area contributed by atoms with Crippen molar-refractivity contribution in [1.29, 1.82) is 0 Å². The highest BCUT2D eigenvalue weighted by atomic mass is 15.3. The summed E-state index contributed by atoms with van der Waals surface area (Å²) in [7, 11) is 0. The van der Waals surface area contributed by atoms with Crippen LogP contribution in [0.2, 0.25) is 0 Å². The van der Waals surface area contributed by atoms with E-state index in [1.807, 2.05) is 35.3 Å². The molecule has 1 heterocycles. The average Bonchev–Trinajstić information content (AvgIpc) is 2.90. The fourth-order valence-electron chi connectivity index (χ4n) is 2.56. The van der Waals surface area contributed by atoms with E-state index in [9.17, 15) is 0 Å². The SMILES string of the molecule is Nc1ccc(-c2ncn(C3CCCCC3)n2)cc1. The number of nitrogens with zero attached hydrogens (tertiary/aromatic N) is 3. The monoisotopic (exact) mass is 242 g/mol. The molecule has 0 atom stereocenters. The average molecular weight is 242 g/mol. The second kappa shape index (κ2) is 4.80. The van der Waals surface area contributed by atoms with Crippen LogP contribution in [0, 0.1) is 0 Å². The van der Waals surface area contributed by atoms with E-state index in [2.05, 4.69) is 10.1 Å². The summed E-state index contributed by atoms with van der Waals surface area (Å²) < 4.78 is 2.03. The minimum Gasteiger partial charge on any atom is -0.399 e. The molecular weight excluding hydrogens is 224 g/mol. The number of nitrogens with two attached hydrogens (primary N) is 1. The molecular formula is C14H18N4. The van der Waals surface area contributed by atoms with Gasteiger partial charge in [0.25, 0.3) is 0 Å². The quantitative estimate of drug-likeness (QED) is 0.823. The summed E-state index contributed by atoms with van der Waals surface area (Å²) in [6.45, 7) is 0. The second-order valence-corrected chi connectivity index (χ2v) is 4.96. The van der Waals surface area contributed by atoms with E-state index in [0.29, 0.717) is 6.04 Å². The Morgan fingerprint density at radius 2 is 1.78 bits per heavy atom. The van der Waals surface area contributed by atoms with Crippen molar-refractivity contribution in [3.05, 3.63) is 30.6 Å². The molecule has 0 amide bonds. The molecule has 0 unspecified atom stereocenters. The van der Waals surface area contributed by atoms with Gasteiger partial charge in [0.15, 0.2) is 5.82 Å². The van der Waals surface area contributed by atoms with E-state index < -0.39 is 0 Å². The number of hydrogen-bond donors (Lipinski definition) is 1. The van der Waals surface area contributed by atoms with Gasteiger partial charge in [-0.05, 0) is 37.1 Å².